The van der Waals surface area contributed by atoms with E-state index in [1.165, 1.54) is 0 Å². The van der Waals surface area contributed by atoms with Gasteiger partial charge in [0.15, 0.2) is 5.78 Å². The van der Waals surface area contributed by atoms with Crippen molar-refractivity contribution in [3.63, 3.8) is 0 Å². The first-order valence-corrected chi connectivity index (χ1v) is 6.02. The maximum absolute atomic E-state index is 12.0. The summed E-state index contributed by atoms with van der Waals surface area (Å²) in [6.07, 6.45) is 2.31. The minimum absolute atomic E-state index is 0.0953. The summed E-state index contributed by atoms with van der Waals surface area (Å²) in [5.74, 6) is -1.09. The van der Waals surface area contributed by atoms with Crippen LogP contribution in [0.25, 0.3) is 0 Å². The molecule has 1 aliphatic carbocycles. The standard InChI is InChI=1S/C14H16O3/c1-2-3-8-17-14(16)12-9-10-6-4-5-7-11(10)13(12)15/h4-7,12H,2-3,8-9H2,1H3. The SMILES string of the molecule is CCCCOC(=O)C1Cc2ccccc2C1=O. The van der Waals surface area contributed by atoms with Gasteiger partial charge in [-0.05, 0) is 18.4 Å². The number of rotatable bonds is 4. The maximum Gasteiger partial charge on any atom is 0.317 e. The lowest BCUT2D eigenvalue weighted by Crippen LogP contribution is -2.23. The number of benzene rings is 1. The molecule has 0 spiro atoms. The molecule has 1 aromatic carbocycles. The zero-order chi connectivity index (χ0) is 12.3. The minimum Gasteiger partial charge on any atom is -0.465 e. The molecule has 0 radical (unpaired) electrons. The summed E-state index contributed by atoms with van der Waals surface area (Å²) in [6.45, 7) is 2.44. The van der Waals surface area contributed by atoms with Gasteiger partial charge < -0.3 is 4.74 Å². The third kappa shape index (κ3) is 2.38. The molecule has 90 valence electrons. The van der Waals surface area contributed by atoms with Gasteiger partial charge in [0.05, 0.1) is 6.61 Å². The summed E-state index contributed by atoms with van der Waals surface area (Å²) in [4.78, 5) is 23.7. The molecular weight excluding hydrogens is 216 g/mol. The Morgan fingerprint density at radius 1 is 1.41 bits per heavy atom. The molecule has 1 atom stereocenters. The fraction of sp³-hybridized carbons (Fsp3) is 0.429. The average Bonchev–Trinajstić information content (AvgIpc) is 2.68. The van der Waals surface area contributed by atoms with Gasteiger partial charge in [-0.3, -0.25) is 9.59 Å². The number of esters is 1. The Bertz CT molecular complexity index is 437. The van der Waals surface area contributed by atoms with Crippen LogP contribution in [0.3, 0.4) is 0 Å². The van der Waals surface area contributed by atoms with Crippen molar-refractivity contribution >= 4 is 11.8 Å². The van der Waals surface area contributed by atoms with E-state index in [4.69, 9.17) is 4.74 Å². The first-order chi connectivity index (χ1) is 8.24. The number of hydrogen-bond donors (Lipinski definition) is 0. The lowest BCUT2D eigenvalue weighted by atomic mass is 10.1. The van der Waals surface area contributed by atoms with Crippen LogP contribution in [-0.2, 0) is 16.0 Å². The van der Waals surface area contributed by atoms with Gasteiger partial charge in [-0.2, -0.15) is 0 Å². The molecule has 0 N–H and O–H groups in total. The van der Waals surface area contributed by atoms with Crippen LogP contribution in [0.15, 0.2) is 24.3 Å². The molecule has 0 aliphatic heterocycles. The van der Waals surface area contributed by atoms with Crippen LogP contribution < -0.4 is 0 Å². The number of hydrogen-bond acceptors (Lipinski definition) is 3. The number of ketones is 1. The van der Waals surface area contributed by atoms with Gasteiger partial charge in [-0.1, -0.05) is 37.6 Å². The second-order valence-corrected chi connectivity index (χ2v) is 4.30. The molecule has 0 fully saturated rings. The van der Waals surface area contributed by atoms with Crippen molar-refractivity contribution in [1.82, 2.24) is 0 Å². The van der Waals surface area contributed by atoms with Crippen molar-refractivity contribution in [2.45, 2.75) is 26.2 Å². The zero-order valence-electron chi connectivity index (χ0n) is 9.94. The Balaban J connectivity index is 2.02. The smallest absolute Gasteiger partial charge is 0.317 e. The number of carbonyl (C=O) groups excluding carboxylic acids is 2. The Hall–Kier alpha value is -1.64. The van der Waals surface area contributed by atoms with Crippen molar-refractivity contribution in [2.75, 3.05) is 6.61 Å². The fourth-order valence-electron chi connectivity index (χ4n) is 2.05. The van der Waals surface area contributed by atoms with Gasteiger partial charge in [-0.15, -0.1) is 0 Å². The summed E-state index contributed by atoms with van der Waals surface area (Å²) < 4.78 is 5.11. The fourth-order valence-corrected chi connectivity index (χ4v) is 2.05. The molecule has 0 amide bonds. The average molecular weight is 232 g/mol. The molecule has 1 aromatic rings. The number of Topliss-reactive ketones (excluding diaryl/α,β-unsaturated/α-hetero) is 1. The molecule has 1 aliphatic rings. The monoisotopic (exact) mass is 232 g/mol. The highest BCUT2D eigenvalue weighted by atomic mass is 16.5. The highest BCUT2D eigenvalue weighted by molar-refractivity contribution is 6.12. The van der Waals surface area contributed by atoms with Crippen LogP contribution in [-0.4, -0.2) is 18.4 Å². The van der Waals surface area contributed by atoms with E-state index in [1.807, 2.05) is 25.1 Å². The van der Waals surface area contributed by atoms with Crippen molar-refractivity contribution in [2.24, 2.45) is 5.92 Å². The Kier molecular flexibility index (Phi) is 3.57. The van der Waals surface area contributed by atoms with E-state index in [0.717, 1.165) is 18.4 Å². The van der Waals surface area contributed by atoms with Crippen LogP contribution >= 0.6 is 0 Å². The van der Waals surface area contributed by atoms with Gasteiger partial charge in [0.1, 0.15) is 5.92 Å². The number of carbonyl (C=O) groups is 2. The zero-order valence-corrected chi connectivity index (χ0v) is 9.94. The molecule has 0 heterocycles. The van der Waals surface area contributed by atoms with Crippen molar-refractivity contribution < 1.29 is 14.3 Å². The minimum atomic E-state index is -0.621. The summed E-state index contributed by atoms with van der Waals surface area (Å²) in [6, 6.07) is 7.38. The van der Waals surface area contributed by atoms with Gasteiger partial charge in [0.2, 0.25) is 0 Å². The summed E-state index contributed by atoms with van der Waals surface area (Å²) >= 11 is 0. The third-order valence-corrected chi connectivity index (χ3v) is 3.05. The first kappa shape index (κ1) is 11.8. The molecular formula is C14H16O3. The topological polar surface area (TPSA) is 43.4 Å². The summed E-state index contributed by atoms with van der Waals surface area (Å²) in [5, 5.41) is 0. The molecule has 0 saturated heterocycles. The van der Waals surface area contributed by atoms with Crippen LogP contribution in [0.2, 0.25) is 0 Å². The largest absolute Gasteiger partial charge is 0.465 e. The molecule has 3 heteroatoms. The predicted octanol–water partition coefficient (Wildman–Crippen LogP) is 2.38. The van der Waals surface area contributed by atoms with Crippen LogP contribution in [0, 0.1) is 5.92 Å². The van der Waals surface area contributed by atoms with E-state index in [1.54, 1.807) is 6.07 Å². The summed E-state index contributed by atoms with van der Waals surface area (Å²) in [7, 11) is 0. The molecule has 1 unspecified atom stereocenters. The van der Waals surface area contributed by atoms with E-state index in [9.17, 15) is 9.59 Å². The van der Waals surface area contributed by atoms with Crippen molar-refractivity contribution in [3.8, 4) is 0 Å². The normalized spacial score (nSPS) is 17.9. The maximum atomic E-state index is 12.0. The predicted molar refractivity (Wildman–Crippen MR) is 63.8 cm³/mol. The molecule has 3 nitrogen and oxygen atoms in total. The summed E-state index contributed by atoms with van der Waals surface area (Å²) in [5.41, 5.74) is 1.62. The quantitative estimate of drug-likeness (QED) is 0.455. The van der Waals surface area contributed by atoms with Gasteiger partial charge in [0.25, 0.3) is 0 Å². The molecule has 0 saturated carbocycles. The van der Waals surface area contributed by atoms with Crippen LogP contribution in [0.1, 0.15) is 35.7 Å². The highest BCUT2D eigenvalue weighted by Crippen LogP contribution is 2.27. The van der Waals surface area contributed by atoms with Crippen LogP contribution in [0.5, 0.6) is 0 Å². The second kappa shape index (κ2) is 5.13. The Morgan fingerprint density at radius 3 is 2.88 bits per heavy atom. The van der Waals surface area contributed by atoms with E-state index >= 15 is 0 Å². The number of fused-ring (bicyclic) bond motifs is 1. The molecule has 0 bridgehead atoms. The number of ether oxygens (including phenoxy) is 1. The second-order valence-electron chi connectivity index (χ2n) is 4.30. The third-order valence-electron chi connectivity index (χ3n) is 3.05. The van der Waals surface area contributed by atoms with E-state index < -0.39 is 5.92 Å². The van der Waals surface area contributed by atoms with Gasteiger partial charge in [-0.25, -0.2) is 0 Å². The molecule has 2 rings (SSSR count). The van der Waals surface area contributed by atoms with E-state index in [2.05, 4.69) is 0 Å². The van der Waals surface area contributed by atoms with Crippen molar-refractivity contribution in [1.29, 1.82) is 0 Å². The lowest BCUT2D eigenvalue weighted by molar-refractivity contribution is -0.146. The Labute approximate surface area is 101 Å². The first-order valence-electron chi connectivity index (χ1n) is 6.02. The highest BCUT2D eigenvalue weighted by Gasteiger charge is 2.36. The van der Waals surface area contributed by atoms with Crippen LogP contribution in [0.4, 0.5) is 0 Å². The lowest BCUT2D eigenvalue weighted by Gasteiger charge is -2.07. The van der Waals surface area contributed by atoms with Gasteiger partial charge >= 0.3 is 5.97 Å². The molecule has 0 aromatic heterocycles. The number of unbranched alkanes of at least 4 members (excludes halogenated alkanes) is 1. The van der Waals surface area contributed by atoms with Gasteiger partial charge in [0, 0.05) is 5.56 Å². The van der Waals surface area contributed by atoms with E-state index in [-0.39, 0.29) is 11.8 Å². The van der Waals surface area contributed by atoms with E-state index in [0.29, 0.717) is 18.6 Å². The Morgan fingerprint density at radius 2 is 2.18 bits per heavy atom. The van der Waals surface area contributed by atoms with Crippen molar-refractivity contribution in [3.05, 3.63) is 35.4 Å². The molecule has 17 heavy (non-hydrogen) atoms.